The van der Waals surface area contributed by atoms with Crippen molar-refractivity contribution >= 4 is 21.8 Å². The zero-order chi connectivity index (χ0) is 20.9. The average Bonchev–Trinajstić information content (AvgIpc) is 3.24. The van der Waals surface area contributed by atoms with E-state index in [0.29, 0.717) is 6.61 Å². The number of carbonyl (C=O) groups is 2. The summed E-state index contributed by atoms with van der Waals surface area (Å²) in [6.45, 7) is 0.190. The first kappa shape index (κ1) is 21.1. The summed E-state index contributed by atoms with van der Waals surface area (Å²) >= 11 is 0. The summed E-state index contributed by atoms with van der Waals surface area (Å²) in [6.07, 6.45) is 1.58. The molecular weight excluding hydrogens is 401 g/mol. The second-order valence-electron chi connectivity index (χ2n) is 6.49. The molecule has 29 heavy (non-hydrogen) atoms. The average molecular weight is 421 g/mol. The van der Waals surface area contributed by atoms with Gasteiger partial charge < -0.3 is 9.47 Å². The molecule has 1 atom stereocenters. The lowest BCUT2D eigenvalue weighted by atomic mass is 10.1. The maximum absolute atomic E-state index is 13.6. The van der Waals surface area contributed by atoms with Crippen molar-refractivity contribution in [1.29, 1.82) is 0 Å². The van der Waals surface area contributed by atoms with E-state index in [1.54, 1.807) is 0 Å². The van der Waals surface area contributed by atoms with E-state index in [2.05, 4.69) is 4.72 Å². The van der Waals surface area contributed by atoms with Crippen LogP contribution in [0.5, 0.6) is 0 Å². The van der Waals surface area contributed by atoms with Gasteiger partial charge in [-0.25, -0.2) is 22.3 Å². The monoisotopic (exact) mass is 421 g/mol. The van der Waals surface area contributed by atoms with E-state index in [1.165, 1.54) is 42.5 Å². The lowest BCUT2D eigenvalue weighted by Gasteiger charge is -2.11. The number of carbonyl (C=O) groups excluding carboxylic acids is 2. The van der Waals surface area contributed by atoms with E-state index in [9.17, 15) is 22.4 Å². The predicted octanol–water partition coefficient (Wildman–Crippen LogP) is 2.32. The van der Waals surface area contributed by atoms with Crippen molar-refractivity contribution in [1.82, 2.24) is 4.72 Å². The van der Waals surface area contributed by atoms with Crippen molar-refractivity contribution in [2.24, 2.45) is 0 Å². The summed E-state index contributed by atoms with van der Waals surface area (Å²) in [5, 5.41) is 0. The van der Waals surface area contributed by atoms with Gasteiger partial charge >= 0.3 is 5.97 Å². The van der Waals surface area contributed by atoms with Crippen molar-refractivity contribution < 1.29 is 31.9 Å². The van der Waals surface area contributed by atoms with E-state index >= 15 is 0 Å². The second-order valence-corrected chi connectivity index (χ2v) is 8.26. The third-order valence-electron chi connectivity index (χ3n) is 4.43. The highest BCUT2D eigenvalue weighted by Gasteiger charge is 2.21. The Morgan fingerprint density at radius 1 is 1.14 bits per heavy atom. The maximum Gasteiger partial charge on any atom is 0.338 e. The summed E-state index contributed by atoms with van der Waals surface area (Å²) in [5.41, 5.74) is -0.0940. The predicted molar refractivity (Wildman–Crippen MR) is 102 cm³/mol. The van der Waals surface area contributed by atoms with E-state index in [0.717, 1.165) is 18.9 Å². The van der Waals surface area contributed by atoms with Crippen LogP contribution in [-0.2, 0) is 19.5 Å². The van der Waals surface area contributed by atoms with Gasteiger partial charge in [-0.2, -0.15) is 0 Å². The summed E-state index contributed by atoms with van der Waals surface area (Å²) in [4.78, 5) is 24.0. The van der Waals surface area contributed by atoms with Crippen LogP contribution in [0.25, 0.3) is 0 Å². The van der Waals surface area contributed by atoms with Crippen LogP contribution in [-0.4, -0.2) is 46.0 Å². The number of sulfonamides is 1. The van der Waals surface area contributed by atoms with Gasteiger partial charge in [-0.3, -0.25) is 4.79 Å². The number of benzene rings is 2. The van der Waals surface area contributed by atoms with Gasteiger partial charge in [0.25, 0.3) is 0 Å². The molecule has 2 aromatic carbocycles. The first-order valence-electron chi connectivity index (χ1n) is 9.03. The largest absolute Gasteiger partial charge is 0.454 e. The van der Waals surface area contributed by atoms with E-state index in [1.807, 2.05) is 0 Å². The number of esters is 1. The summed E-state index contributed by atoms with van der Waals surface area (Å²) in [7, 11) is -3.73. The number of hydrogen-bond donors (Lipinski definition) is 1. The molecule has 0 aromatic heterocycles. The van der Waals surface area contributed by atoms with Crippen molar-refractivity contribution in [3.63, 3.8) is 0 Å². The van der Waals surface area contributed by atoms with Crippen LogP contribution in [0.3, 0.4) is 0 Å². The van der Waals surface area contributed by atoms with Gasteiger partial charge in [-0.05, 0) is 49.2 Å². The Bertz CT molecular complexity index is 984. The number of Topliss-reactive ketones (excluding diaryl/α,β-unsaturated/α-hetero) is 1. The number of nitrogens with one attached hydrogen (secondary N) is 1. The van der Waals surface area contributed by atoms with Crippen LogP contribution in [0.15, 0.2) is 53.4 Å². The fourth-order valence-corrected chi connectivity index (χ4v) is 3.91. The first-order valence-corrected chi connectivity index (χ1v) is 10.5. The highest BCUT2D eigenvalue weighted by atomic mass is 32.2. The molecule has 0 radical (unpaired) electrons. The highest BCUT2D eigenvalue weighted by Crippen LogP contribution is 2.15. The molecule has 1 heterocycles. The minimum absolute atomic E-state index is 0.00511. The zero-order valence-electron chi connectivity index (χ0n) is 15.5. The molecule has 9 heteroatoms. The van der Waals surface area contributed by atoms with E-state index < -0.39 is 34.2 Å². The van der Waals surface area contributed by atoms with Gasteiger partial charge in [-0.1, -0.05) is 12.1 Å². The van der Waals surface area contributed by atoms with Crippen LogP contribution in [0.1, 0.15) is 33.6 Å². The maximum atomic E-state index is 13.6. The molecule has 0 spiro atoms. The van der Waals surface area contributed by atoms with Gasteiger partial charge in [0.1, 0.15) is 5.82 Å². The third-order valence-corrected chi connectivity index (χ3v) is 5.87. The quantitative estimate of drug-likeness (QED) is 0.519. The Labute approximate surface area is 167 Å². The van der Waals surface area contributed by atoms with Crippen LogP contribution in [0, 0.1) is 5.82 Å². The van der Waals surface area contributed by atoms with Crippen LogP contribution >= 0.6 is 0 Å². The molecule has 0 amide bonds. The first-order chi connectivity index (χ1) is 13.9. The van der Waals surface area contributed by atoms with Crippen LogP contribution in [0.4, 0.5) is 4.39 Å². The summed E-state index contributed by atoms with van der Waals surface area (Å²) in [5.74, 6) is -2.18. The number of ether oxygens (including phenoxy) is 2. The lowest BCUT2D eigenvalue weighted by Crippen LogP contribution is -2.31. The smallest absolute Gasteiger partial charge is 0.338 e. The molecule has 1 fully saturated rings. The Balaban J connectivity index is 1.56. The number of hydrogen-bond acceptors (Lipinski definition) is 6. The SMILES string of the molecule is O=C(OCC(=O)c1ccccc1F)c1ccc(S(=O)(=O)NCC2CCCO2)cc1. The van der Waals surface area contributed by atoms with Gasteiger partial charge in [0.15, 0.2) is 6.61 Å². The second kappa shape index (κ2) is 9.25. The van der Waals surface area contributed by atoms with Crippen molar-refractivity contribution in [2.75, 3.05) is 19.8 Å². The molecule has 3 rings (SSSR count). The van der Waals surface area contributed by atoms with Crippen LogP contribution in [0.2, 0.25) is 0 Å². The number of ketones is 1. The molecule has 1 aliphatic heterocycles. The molecule has 154 valence electrons. The standard InChI is InChI=1S/C20H20FNO6S/c21-18-6-2-1-5-17(18)19(23)13-28-20(24)14-7-9-16(10-8-14)29(25,26)22-12-15-4-3-11-27-15/h1-2,5-10,15,22H,3-4,11-13H2. The lowest BCUT2D eigenvalue weighted by molar-refractivity contribution is 0.0473. The van der Waals surface area contributed by atoms with Crippen molar-refractivity contribution in [3.05, 3.63) is 65.5 Å². The Morgan fingerprint density at radius 3 is 2.52 bits per heavy atom. The van der Waals surface area contributed by atoms with Gasteiger partial charge in [0.05, 0.1) is 22.1 Å². The van der Waals surface area contributed by atoms with Crippen LogP contribution < -0.4 is 4.72 Å². The van der Waals surface area contributed by atoms with E-state index in [-0.39, 0.29) is 28.7 Å². The third kappa shape index (κ3) is 5.47. The minimum atomic E-state index is -3.73. The molecule has 7 nitrogen and oxygen atoms in total. The van der Waals surface area contributed by atoms with Gasteiger partial charge in [-0.15, -0.1) is 0 Å². The normalized spacial score (nSPS) is 16.5. The number of rotatable bonds is 8. The fraction of sp³-hybridized carbons (Fsp3) is 0.300. The molecule has 2 aromatic rings. The molecule has 1 aliphatic rings. The highest BCUT2D eigenvalue weighted by molar-refractivity contribution is 7.89. The van der Waals surface area contributed by atoms with Crippen molar-refractivity contribution in [2.45, 2.75) is 23.8 Å². The van der Waals surface area contributed by atoms with Crippen molar-refractivity contribution in [3.8, 4) is 0 Å². The molecule has 1 unspecified atom stereocenters. The Morgan fingerprint density at radius 2 is 1.86 bits per heavy atom. The molecule has 0 bridgehead atoms. The van der Waals surface area contributed by atoms with Gasteiger partial charge in [0.2, 0.25) is 15.8 Å². The van der Waals surface area contributed by atoms with E-state index in [4.69, 9.17) is 9.47 Å². The molecular formula is C20H20FNO6S. The Hall–Kier alpha value is -2.62. The summed E-state index contributed by atoms with van der Waals surface area (Å²) < 4.78 is 51.0. The molecule has 0 saturated carbocycles. The minimum Gasteiger partial charge on any atom is -0.454 e. The zero-order valence-corrected chi connectivity index (χ0v) is 16.3. The topological polar surface area (TPSA) is 98.8 Å². The molecule has 1 saturated heterocycles. The fourth-order valence-electron chi connectivity index (χ4n) is 2.84. The summed E-state index contributed by atoms with van der Waals surface area (Å²) in [6, 6.07) is 10.5. The molecule has 1 N–H and O–H groups in total. The molecule has 0 aliphatic carbocycles. The number of halogens is 1. The van der Waals surface area contributed by atoms with Gasteiger partial charge in [0, 0.05) is 13.2 Å². The Kier molecular flexibility index (Phi) is 6.73.